The van der Waals surface area contributed by atoms with Crippen molar-refractivity contribution in [2.45, 2.75) is 13.8 Å². The van der Waals surface area contributed by atoms with Crippen molar-refractivity contribution in [2.24, 2.45) is 0 Å². The summed E-state index contributed by atoms with van der Waals surface area (Å²) in [6, 6.07) is 9.56. The Balaban J connectivity index is 2.54. The van der Waals surface area contributed by atoms with Gasteiger partial charge in [-0.15, -0.1) is 0 Å². The Morgan fingerprint density at radius 3 is 2.45 bits per heavy atom. The first kappa shape index (κ1) is 15.5. The second kappa shape index (κ2) is 6.26. The van der Waals surface area contributed by atoms with Crippen LogP contribution in [0.1, 0.15) is 27.0 Å². The lowest BCUT2D eigenvalue weighted by molar-refractivity contribution is 0.103. The number of hydrogen-bond donors (Lipinski definition) is 0. The van der Waals surface area contributed by atoms with Crippen LogP contribution in [0.4, 0.5) is 0 Å². The molecule has 2 aromatic rings. The summed E-state index contributed by atoms with van der Waals surface area (Å²) in [6.45, 7) is 3.87. The molecule has 0 aliphatic heterocycles. The molecule has 2 aromatic carbocycles. The van der Waals surface area contributed by atoms with Crippen LogP contribution in [0.5, 0.6) is 5.75 Å². The number of carbonyl (C=O) groups excluding carboxylic acids is 1. The van der Waals surface area contributed by atoms with Crippen LogP contribution >= 0.6 is 38.5 Å². The van der Waals surface area contributed by atoms with Gasteiger partial charge in [-0.3, -0.25) is 4.79 Å². The van der Waals surface area contributed by atoms with E-state index in [0.717, 1.165) is 24.9 Å². The van der Waals surface area contributed by atoms with Gasteiger partial charge in [0.2, 0.25) is 0 Å². The van der Waals surface area contributed by atoms with Gasteiger partial charge < -0.3 is 4.74 Å². The van der Waals surface area contributed by atoms with Crippen LogP contribution in [0.15, 0.2) is 34.8 Å². The fraction of sp³-hybridized carbons (Fsp3) is 0.188. The lowest BCUT2D eigenvalue weighted by atomic mass is 9.97. The van der Waals surface area contributed by atoms with E-state index in [9.17, 15) is 4.79 Å². The van der Waals surface area contributed by atoms with E-state index in [2.05, 4.69) is 38.5 Å². The summed E-state index contributed by atoms with van der Waals surface area (Å²) in [4.78, 5) is 12.7. The molecule has 0 bridgehead atoms. The number of ketones is 1. The number of benzene rings is 2. The van der Waals surface area contributed by atoms with E-state index < -0.39 is 0 Å². The van der Waals surface area contributed by atoms with Crippen molar-refractivity contribution in [1.82, 2.24) is 0 Å². The Kier molecular flexibility index (Phi) is 4.86. The number of ether oxygens (including phenoxy) is 1. The largest absolute Gasteiger partial charge is 0.496 e. The molecule has 2 nitrogen and oxygen atoms in total. The lowest BCUT2D eigenvalue weighted by Gasteiger charge is -2.11. The van der Waals surface area contributed by atoms with Gasteiger partial charge >= 0.3 is 0 Å². The molecule has 0 saturated carbocycles. The highest BCUT2D eigenvalue weighted by atomic mass is 127. The summed E-state index contributed by atoms with van der Waals surface area (Å²) in [7, 11) is 1.64. The van der Waals surface area contributed by atoms with Crippen molar-refractivity contribution in [1.29, 1.82) is 0 Å². The highest BCUT2D eigenvalue weighted by Gasteiger charge is 2.17. The third-order valence-electron chi connectivity index (χ3n) is 3.16. The van der Waals surface area contributed by atoms with Crippen molar-refractivity contribution in [2.75, 3.05) is 7.11 Å². The number of carbonyl (C=O) groups is 1. The van der Waals surface area contributed by atoms with E-state index >= 15 is 0 Å². The predicted octanol–water partition coefficient (Wildman–Crippen LogP) is 4.91. The number of halogens is 2. The fourth-order valence-electron chi connectivity index (χ4n) is 2.07. The topological polar surface area (TPSA) is 26.3 Å². The molecule has 0 radical (unpaired) electrons. The van der Waals surface area contributed by atoms with Crippen LogP contribution in [0.2, 0.25) is 0 Å². The first-order chi connectivity index (χ1) is 9.43. The summed E-state index contributed by atoms with van der Waals surface area (Å²) < 4.78 is 7.14. The summed E-state index contributed by atoms with van der Waals surface area (Å²) in [5, 5.41) is 0. The van der Waals surface area contributed by atoms with Crippen LogP contribution in [0.25, 0.3) is 0 Å². The lowest BCUT2D eigenvalue weighted by Crippen LogP contribution is -2.06. The van der Waals surface area contributed by atoms with Crippen molar-refractivity contribution < 1.29 is 9.53 Å². The molecule has 4 heteroatoms. The summed E-state index contributed by atoms with van der Waals surface area (Å²) >= 11 is 5.66. The second-order valence-corrected chi connectivity index (χ2v) is 6.69. The average molecular weight is 445 g/mol. The maximum absolute atomic E-state index is 12.7. The van der Waals surface area contributed by atoms with Gasteiger partial charge in [0.25, 0.3) is 0 Å². The number of aryl methyl sites for hydroxylation is 2. The minimum absolute atomic E-state index is 0.0265. The number of methoxy groups -OCH3 is 1. The number of rotatable bonds is 3. The van der Waals surface area contributed by atoms with E-state index in [0.29, 0.717) is 11.1 Å². The minimum atomic E-state index is 0.0265. The van der Waals surface area contributed by atoms with Gasteiger partial charge in [0.05, 0.1) is 7.11 Å². The van der Waals surface area contributed by atoms with Crippen molar-refractivity contribution in [3.05, 3.63) is 60.6 Å². The monoisotopic (exact) mass is 444 g/mol. The van der Waals surface area contributed by atoms with Gasteiger partial charge in [-0.25, -0.2) is 0 Å². The fourth-order valence-corrected chi connectivity index (χ4v) is 2.99. The van der Waals surface area contributed by atoms with Crippen LogP contribution in [0.3, 0.4) is 0 Å². The van der Waals surface area contributed by atoms with Crippen LogP contribution in [0, 0.1) is 17.4 Å². The van der Waals surface area contributed by atoms with Crippen LogP contribution in [-0.2, 0) is 0 Å². The van der Waals surface area contributed by atoms with Gasteiger partial charge in [-0.1, -0.05) is 15.9 Å². The molecular formula is C16H14BrIO2. The Bertz CT molecular complexity index is 680. The van der Waals surface area contributed by atoms with Gasteiger partial charge in [-0.2, -0.15) is 0 Å². The third kappa shape index (κ3) is 3.06. The average Bonchev–Trinajstić information content (AvgIpc) is 2.42. The van der Waals surface area contributed by atoms with Crippen LogP contribution < -0.4 is 4.74 Å². The Hall–Kier alpha value is -0.880. The van der Waals surface area contributed by atoms with Gasteiger partial charge in [0, 0.05) is 19.2 Å². The molecule has 0 spiro atoms. The van der Waals surface area contributed by atoms with Crippen molar-refractivity contribution in [3.8, 4) is 5.75 Å². The Morgan fingerprint density at radius 1 is 1.10 bits per heavy atom. The molecule has 0 fully saturated rings. The molecule has 0 atom stereocenters. The van der Waals surface area contributed by atoms with Crippen molar-refractivity contribution >= 4 is 44.3 Å². The first-order valence-corrected chi connectivity index (χ1v) is 7.96. The molecule has 0 aliphatic rings. The van der Waals surface area contributed by atoms with Crippen molar-refractivity contribution in [3.63, 3.8) is 0 Å². The molecule has 20 heavy (non-hydrogen) atoms. The standard InChI is InChI=1S/C16H14BrIO2/c1-9-7-15(20-3)10(2)6-12(9)16(19)13-8-11(18)4-5-14(13)17/h4-8H,1-3H3. The van der Waals surface area contributed by atoms with Gasteiger partial charge in [-0.05, 0) is 77.9 Å². The smallest absolute Gasteiger partial charge is 0.194 e. The third-order valence-corrected chi connectivity index (χ3v) is 4.52. The second-order valence-electron chi connectivity index (χ2n) is 4.59. The molecule has 0 saturated heterocycles. The minimum Gasteiger partial charge on any atom is -0.496 e. The summed E-state index contributed by atoms with van der Waals surface area (Å²) in [6.07, 6.45) is 0. The normalized spacial score (nSPS) is 10.4. The Labute approximate surface area is 140 Å². The highest BCUT2D eigenvalue weighted by Crippen LogP contribution is 2.27. The van der Waals surface area contributed by atoms with Gasteiger partial charge in [0.15, 0.2) is 5.78 Å². The molecule has 0 aliphatic carbocycles. The molecule has 0 heterocycles. The maximum atomic E-state index is 12.7. The SMILES string of the molecule is COc1cc(C)c(C(=O)c2cc(I)ccc2Br)cc1C. The van der Waals surface area contributed by atoms with E-state index in [1.807, 2.05) is 44.2 Å². The zero-order valence-electron chi connectivity index (χ0n) is 11.5. The summed E-state index contributed by atoms with van der Waals surface area (Å²) in [5.41, 5.74) is 3.28. The molecule has 0 amide bonds. The first-order valence-electron chi connectivity index (χ1n) is 6.09. The van der Waals surface area contributed by atoms with E-state index in [1.165, 1.54) is 0 Å². The van der Waals surface area contributed by atoms with Crippen LogP contribution in [-0.4, -0.2) is 12.9 Å². The summed E-state index contributed by atoms with van der Waals surface area (Å²) in [5.74, 6) is 0.833. The van der Waals surface area contributed by atoms with Gasteiger partial charge in [0.1, 0.15) is 5.75 Å². The molecule has 104 valence electrons. The highest BCUT2D eigenvalue weighted by molar-refractivity contribution is 14.1. The van der Waals surface area contributed by atoms with E-state index in [4.69, 9.17) is 4.74 Å². The molecule has 0 N–H and O–H groups in total. The predicted molar refractivity (Wildman–Crippen MR) is 92.8 cm³/mol. The van der Waals surface area contributed by atoms with E-state index in [1.54, 1.807) is 7.11 Å². The van der Waals surface area contributed by atoms with E-state index in [-0.39, 0.29) is 5.78 Å². The zero-order valence-corrected chi connectivity index (χ0v) is 15.2. The zero-order chi connectivity index (χ0) is 14.9. The molecular weight excluding hydrogens is 431 g/mol. The molecule has 2 rings (SSSR count). The molecule has 0 unspecified atom stereocenters. The quantitative estimate of drug-likeness (QED) is 0.496. The number of hydrogen-bond acceptors (Lipinski definition) is 2. The Morgan fingerprint density at radius 2 is 1.80 bits per heavy atom. The maximum Gasteiger partial charge on any atom is 0.194 e. The molecule has 0 aromatic heterocycles.